The number of hydrogen-bond donors (Lipinski definition) is 2. The molecule has 0 unspecified atom stereocenters. The van der Waals surface area contributed by atoms with Gasteiger partial charge in [-0.1, -0.05) is 37.4 Å². The molecular weight excluding hydrogens is 450 g/mol. The van der Waals surface area contributed by atoms with Gasteiger partial charge in [0.1, 0.15) is 11.4 Å². The van der Waals surface area contributed by atoms with Gasteiger partial charge < -0.3 is 19.8 Å². The summed E-state index contributed by atoms with van der Waals surface area (Å²) in [6.45, 7) is 7.29. The summed E-state index contributed by atoms with van der Waals surface area (Å²) >= 11 is 0. The van der Waals surface area contributed by atoms with Crippen LogP contribution in [0.25, 0.3) is 11.1 Å². The number of nitrogens with one attached hydrogen (secondary N) is 2. The van der Waals surface area contributed by atoms with Crippen molar-refractivity contribution in [3.63, 3.8) is 0 Å². The van der Waals surface area contributed by atoms with Crippen LogP contribution in [-0.2, 0) is 20.9 Å². The number of esters is 1. The molecule has 2 aromatic carbocycles. The van der Waals surface area contributed by atoms with Gasteiger partial charge in [0.05, 0.1) is 19.9 Å². The number of methoxy groups -OCH3 is 1. The number of ether oxygens (including phenoxy) is 1. The number of hydrogen-bond acceptors (Lipinski definition) is 6. The van der Waals surface area contributed by atoms with Crippen molar-refractivity contribution < 1.29 is 28.3 Å². The molecule has 3 aromatic rings. The number of rotatable bonds is 7. The summed E-state index contributed by atoms with van der Waals surface area (Å²) < 4.78 is 9.61. The molecule has 0 fully saturated rings. The topological polar surface area (TPSA) is 118 Å². The lowest BCUT2D eigenvalue weighted by Crippen LogP contribution is -2.36. The SMILES string of the molecule is C=C(NC(=O)C(=C)N1Cc2c(cccc2-c2ccc(NC(=O)c3ccco3)cc2)C1=O)C(=O)OC. The van der Waals surface area contributed by atoms with Crippen molar-refractivity contribution in [1.82, 2.24) is 10.2 Å². The predicted molar refractivity (Wildman–Crippen MR) is 127 cm³/mol. The third kappa shape index (κ3) is 4.60. The third-order valence-corrected chi connectivity index (χ3v) is 5.45. The van der Waals surface area contributed by atoms with Gasteiger partial charge in [-0.3, -0.25) is 19.3 Å². The zero-order valence-corrected chi connectivity index (χ0v) is 18.8. The Labute approximate surface area is 200 Å². The molecule has 4 rings (SSSR count). The first-order valence-corrected chi connectivity index (χ1v) is 10.5. The number of amides is 3. The molecule has 0 saturated carbocycles. The van der Waals surface area contributed by atoms with Gasteiger partial charge in [0.2, 0.25) is 0 Å². The quantitative estimate of drug-likeness (QED) is 0.402. The summed E-state index contributed by atoms with van der Waals surface area (Å²) in [7, 11) is 1.16. The van der Waals surface area contributed by atoms with E-state index < -0.39 is 11.9 Å². The maximum Gasteiger partial charge on any atom is 0.353 e. The Morgan fingerprint density at radius 3 is 2.37 bits per heavy atom. The van der Waals surface area contributed by atoms with Crippen molar-refractivity contribution >= 4 is 29.4 Å². The lowest BCUT2D eigenvalue weighted by molar-refractivity contribution is -0.137. The summed E-state index contributed by atoms with van der Waals surface area (Å²) in [5, 5.41) is 5.04. The van der Waals surface area contributed by atoms with Crippen LogP contribution in [0, 0.1) is 0 Å². The van der Waals surface area contributed by atoms with Crippen LogP contribution in [0.2, 0.25) is 0 Å². The number of carbonyl (C=O) groups excluding carboxylic acids is 4. The lowest BCUT2D eigenvalue weighted by atomic mass is 9.97. The molecule has 2 heterocycles. The Morgan fingerprint density at radius 2 is 1.71 bits per heavy atom. The standard InChI is InChI=1S/C26H21N3O6/c1-15(26(33)34-3)27-23(30)16(2)29-14-21-19(6-4-7-20(21)25(29)32)17-9-11-18(12-10-17)28-24(31)22-8-5-13-35-22/h4-13H,1-2,14H2,3H3,(H,27,30)(H,28,31). The van der Waals surface area contributed by atoms with E-state index in [1.807, 2.05) is 18.2 Å². The molecule has 176 valence electrons. The highest BCUT2D eigenvalue weighted by atomic mass is 16.5. The summed E-state index contributed by atoms with van der Waals surface area (Å²) in [6, 6.07) is 15.6. The number of benzene rings is 2. The van der Waals surface area contributed by atoms with Crippen LogP contribution in [-0.4, -0.2) is 35.7 Å². The van der Waals surface area contributed by atoms with E-state index in [0.717, 1.165) is 23.8 Å². The number of furan rings is 1. The van der Waals surface area contributed by atoms with Crippen molar-refractivity contribution in [3.8, 4) is 11.1 Å². The molecule has 9 nitrogen and oxygen atoms in total. The Balaban J connectivity index is 1.51. The van der Waals surface area contributed by atoms with Gasteiger partial charge in [-0.2, -0.15) is 0 Å². The molecule has 0 radical (unpaired) electrons. The van der Waals surface area contributed by atoms with Crippen molar-refractivity contribution in [1.29, 1.82) is 0 Å². The maximum absolute atomic E-state index is 13.0. The van der Waals surface area contributed by atoms with E-state index in [4.69, 9.17) is 4.42 Å². The normalized spacial score (nSPS) is 12.0. The molecule has 1 aromatic heterocycles. The number of fused-ring (bicyclic) bond motifs is 1. The molecule has 1 aliphatic rings. The highest BCUT2D eigenvalue weighted by Gasteiger charge is 2.33. The molecule has 9 heteroatoms. The van der Waals surface area contributed by atoms with Crippen LogP contribution >= 0.6 is 0 Å². The molecule has 0 atom stereocenters. The van der Waals surface area contributed by atoms with Crippen molar-refractivity contribution in [2.75, 3.05) is 12.4 Å². The highest BCUT2D eigenvalue weighted by Crippen LogP contribution is 2.34. The van der Waals surface area contributed by atoms with Gasteiger partial charge >= 0.3 is 5.97 Å². The Bertz CT molecular complexity index is 1360. The van der Waals surface area contributed by atoms with Crippen LogP contribution in [0.15, 0.2) is 89.8 Å². The largest absolute Gasteiger partial charge is 0.464 e. The van der Waals surface area contributed by atoms with Gasteiger partial charge in [-0.15, -0.1) is 0 Å². The molecule has 3 amide bonds. The third-order valence-electron chi connectivity index (χ3n) is 5.45. The summed E-state index contributed by atoms with van der Waals surface area (Å²) in [5.74, 6) is -2.08. The Kier molecular flexibility index (Phi) is 6.32. The van der Waals surface area contributed by atoms with Crippen LogP contribution in [0.4, 0.5) is 5.69 Å². The van der Waals surface area contributed by atoms with E-state index in [9.17, 15) is 19.2 Å². The van der Waals surface area contributed by atoms with Crippen LogP contribution in [0.1, 0.15) is 26.5 Å². The van der Waals surface area contributed by atoms with Crippen LogP contribution in [0.3, 0.4) is 0 Å². The molecule has 0 saturated heterocycles. The first-order valence-electron chi connectivity index (χ1n) is 10.5. The smallest absolute Gasteiger partial charge is 0.353 e. The van der Waals surface area contributed by atoms with E-state index >= 15 is 0 Å². The van der Waals surface area contributed by atoms with E-state index in [1.54, 1.807) is 36.4 Å². The van der Waals surface area contributed by atoms with Gasteiger partial charge in [0, 0.05) is 11.3 Å². The van der Waals surface area contributed by atoms with Gasteiger partial charge in [-0.05, 0) is 47.0 Å². The number of nitrogens with zero attached hydrogens (tertiary/aromatic N) is 1. The second-order valence-electron chi connectivity index (χ2n) is 7.60. The second-order valence-corrected chi connectivity index (χ2v) is 7.60. The predicted octanol–water partition coefficient (Wildman–Crippen LogP) is 3.47. The lowest BCUT2D eigenvalue weighted by Gasteiger charge is -2.18. The van der Waals surface area contributed by atoms with E-state index in [2.05, 4.69) is 28.5 Å². The first kappa shape index (κ1) is 23.2. The van der Waals surface area contributed by atoms with E-state index in [1.165, 1.54) is 11.2 Å². The number of anilines is 1. The molecule has 0 bridgehead atoms. The fourth-order valence-corrected chi connectivity index (χ4v) is 3.66. The Morgan fingerprint density at radius 1 is 1.00 bits per heavy atom. The average molecular weight is 471 g/mol. The maximum atomic E-state index is 13.0. The first-order chi connectivity index (χ1) is 16.8. The Hall–Kier alpha value is -4.92. The van der Waals surface area contributed by atoms with Crippen molar-refractivity contribution in [2.45, 2.75) is 6.54 Å². The van der Waals surface area contributed by atoms with Crippen molar-refractivity contribution in [3.05, 3.63) is 102 Å². The molecule has 35 heavy (non-hydrogen) atoms. The molecule has 0 spiro atoms. The van der Waals surface area contributed by atoms with Crippen LogP contribution < -0.4 is 10.6 Å². The molecular formula is C26H21N3O6. The molecule has 2 N–H and O–H groups in total. The minimum Gasteiger partial charge on any atom is -0.464 e. The van der Waals surface area contributed by atoms with Gasteiger partial charge in [-0.25, -0.2) is 4.79 Å². The second kappa shape index (κ2) is 9.52. The summed E-state index contributed by atoms with van der Waals surface area (Å²) in [5.41, 5.74) is 2.98. The van der Waals surface area contributed by atoms with Gasteiger partial charge in [0.25, 0.3) is 17.7 Å². The molecule has 1 aliphatic heterocycles. The fourth-order valence-electron chi connectivity index (χ4n) is 3.66. The minimum absolute atomic E-state index is 0.123. The van der Waals surface area contributed by atoms with Crippen LogP contribution in [0.5, 0.6) is 0 Å². The fraction of sp³-hybridized carbons (Fsp3) is 0.0769. The molecule has 0 aliphatic carbocycles. The minimum atomic E-state index is -0.798. The zero-order valence-electron chi connectivity index (χ0n) is 18.8. The average Bonchev–Trinajstić information content (AvgIpc) is 3.52. The number of carbonyl (C=O) groups is 4. The monoisotopic (exact) mass is 471 g/mol. The van der Waals surface area contributed by atoms with E-state index in [-0.39, 0.29) is 35.5 Å². The summed E-state index contributed by atoms with van der Waals surface area (Å²) in [6.07, 6.45) is 1.42. The summed E-state index contributed by atoms with van der Waals surface area (Å²) in [4.78, 5) is 50.4. The van der Waals surface area contributed by atoms with Gasteiger partial charge in [0.15, 0.2) is 5.76 Å². The van der Waals surface area contributed by atoms with Crippen molar-refractivity contribution in [2.24, 2.45) is 0 Å². The highest BCUT2D eigenvalue weighted by molar-refractivity contribution is 6.08. The van der Waals surface area contributed by atoms with E-state index in [0.29, 0.717) is 11.3 Å². The zero-order chi connectivity index (χ0) is 25.1.